The van der Waals surface area contributed by atoms with E-state index in [2.05, 4.69) is 15.6 Å². The van der Waals surface area contributed by atoms with Gasteiger partial charge in [0.25, 0.3) is 11.8 Å². The molecule has 1 aromatic carbocycles. The highest BCUT2D eigenvalue weighted by Crippen LogP contribution is 2.34. The number of nitrogens with one attached hydrogen (secondary N) is 3. The number of hydrogen-bond acceptors (Lipinski definition) is 3. The molecule has 2 heterocycles. The van der Waals surface area contributed by atoms with Crippen LogP contribution >= 0.6 is 0 Å². The highest BCUT2D eigenvalue weighted by atomic mass is 19.1. The molecular formula is C23H26FN3O3. The number of carbonyl (C=O) groups is 3. The number of ketones is 1. The second-order valence-electron chi connectivity index (χ2n) is 7.63. The topological polar surface area (TPSA) is 91.1 Å². The first-order chi connectivity index (χ1) is 14.3. The Morgan fingerprint density at radius 3 is 2.67 bits per heavy atom. The van der Waals surface area contributed by atoms with Gasteiger partial charge in [0.2, 0.25) is 0 Å². The number of aromatic nitrogens is 1. The Hall–Kier alpha value is -3.22. The molecule has 1 aliphatic heterocycles. The molecule has 2 aromatic rings. The van der Waals surface area contributed by atoms with Crippen molar-refractivity contribution >= 4 is 34.9 Å². The number of aromatic amines is 1. The Bertz CT molecular complexity index is 1040. The number of rotatable bonds is 8. The third kappa shape index (κ3) is 4.67. The third-order valence-electron chi connectivity index (χ3n) is 5.25. The average molecular weight is 411 g/mol. The van der Waals surface area contributed by atoms with Crippen LogP contribution in [-0.4, -0.2) is 29.1 Å². The lowest BCUT2D eigenvalue weighted by Crippen LogP contribution is -2.25. The van der Waals surface area contributed by atoms with Gasteiger partial charge in [0.1, 0.15) is 11.6 Å². The van der Waals surface area contributed by atoms with E-state index >= 15 is 0 Å². The van der Waals surface area contributed by atoms with Crippen LogP contribution in [0.25, 0.3) is 11.6 Å². The fourth-order valence-electron chi connectivity index (χ4n) is 3.67. The number of carbonyl (C=O) groups excluding carboxylic acids is 3. The maximum absolute atomic E-state index is 13.6. The highest BCUT2D eigenvalue weighted by molar-refractivity contribution is 6.34. The molecule has 0 saturated heterocycles. The molecule has 3 N–H and O–H groups in total. The minimum Gasteiger partial charge on any atom is -0.358 e. The van der Waals surface area contributed by atoms with Gasteiger partial charge in [-0.25, -0.2) is 4.39 Å². The molecule has 0 fully saturated rings. The summed E-state index contributed by atoms with van der Waals surface area (Å²) in [6, 6.07) is 4.16. The Morgan fingerprint density at radius 1 is 1.17 bits per heavy atom. The number of aryl methyl sites for hydroxylation is 1. The Kier molecular flexibility index (Phi) is 6.50. The molecule has 1 aromatic heterocycles. The van der Waals surface area contributed by atoms with Crippen LogP contribution in [-0.2, 0) is 9.59 Å². The normalized spacial score (nSPS) is 14.0. The molecule has 0 aliphatic carbocycles. The average Bonchev–Trinajstić information content (AvgIpc) is 3.13. The van der Waals surface area contributed by atoms with Crippen LogP contribution < -0.4 is 10.6 Å². The van der Waals surface area contributed by atoms with E-state index in [1.807, 2.05) is 6.92 Å². The van der Waals surface area contributed by atoms with Gasteiger partial charge in [0.15, 0.2) is 0 Å². The van der Waals surface area contributed by atoms with E-state index in [0.717, 1.165) is 24.8 Å². The summed E-state index contributed by atoms with van der Waals surface area (Å²) in [5.41, 5.74) is 4.04. The quantitative estimate of drug-likeness (QED) is 0.450. The number of H-pyrrole nitrogens is 1. The highest BCUT2D eigenvalue weighted by Gasteiger charge is 2.26. The molecular weight excluding hydrogens is 385 g/mol. The van der Waals surface area contributed by atoms with E-state index in [1.54, 1.807) is 19.9 Å². The molecule has 158 valence electrons. The van der Waals surface area contributed by atoms with Gasteiger partial charge in [-0.1, -0.05) is 6.42 Å². The van der Waals surface area contributed by atoms with Crippen molar-refractivity contribution < 1.29 is 18.8 Å². The predicted molar refractivity (Wildman–Crippen MR) is 115 cm³/mol. The van der Waals surface area contributed by atoms with Crippen LogP contribution in [0.3, 0.4) is 0 Å². The minimum absolute atomic E-state index is 0.181. The smallest absolute Gasteiger partial charge is 0.256 e. The summed E-state index contributed by atoms with van der Waals surface area (Å²) in [6.45, 7) is 5.73. The molecule has 0 radical (unpaired) electrons. The van der Waals surface area contributed by atoms with E-state index in [4.69, 9.17) is 0 Å². The van der Waals surface area contributed by atoms with E-state index in [0.29, 0.717) is 46.7 Å². The number of amides is 2. The Morgan fingerprint density at radius 2 is 1.93 bits per heavy atom. The van der Waals surface area contributed by atoms with Crippen LogP contribution in [0.4, 0.5) is 10.1 Å². The lowest BCUT2D eigenvalue weighted by Gasteiger charge is -2.06. The standard InChI is InChI=1S/C23H26FN3O3/c1-13(28)7-5-4-6-10-25-23(30)21-14(2)20(26-15(21)3)12-18-17-11-16(24)8-9-19(17)27-22(18)29/h8-9,11-12,26H,4-7,10H2,1-3H3,(H,25,30)(H,27,29)/b18-12-. The molecule has 2 amide bonds. The van der Waals surface area contributed by atoms with Crippen molar-refractivity contribution in [2.24, 2.45) is 0 Å². The van der Waals surface area contributed by atoms with Gasteiger partial charge in [-0.15, -0.1) is 0 Å². The maximum Gasteiger partial charge on any atom is 0.256 e. The first kappa shape index (κ1) is 21.5. The molecule has 0 atom stereocenters. The van der Waals surface area contributed by atoms with Crippen LogP contribution in [0.15, 0.2) is 18.2 Å². The van der Waals surface area contributed by atoms with Gasteiger partial charge in [-0.05, 0) is 63.5 Å². The number of Topliss-reactive ketones (excluding diaryl/α,β-unsaturated/α-hetero) is 1. The van der Waals surface area contributed by atoms with Crippen molar-refractivity contribution in [3.63, 3.8) is 0 Å². The fourth-order valence-corrected chi connectivity index (χ4v) is 3.67. The van der Waals surface area contributed by atoms with Gasteiger partial charge in [0.05, 0.1) is 11.1 Å². The second kappa shape index (κ2) is 9.07. The van der Waals surface area contributed by atoms with Crippen molar-refractivity contribution in [3.05, 3.63) is 52.1 Å². The molecule has 30 heavy (non-hydrogen) atoms. The first-order valence-electron chi connectivity index (χ1n) is 10.1. The van der Waals surface area contributed by atoms with Gasteiger partial charge in [-0.2, -0.15) is 0 Å². The van der Waals surface area contributed by atoms with Gasteiger partial charge in [0, 0.05) is 35.6 Å². The van der Waals surface area contributed by atoms with Gasteiger partial charge >= 0.3 is 0 Å². The lowest BCUT2D eigenvalue weighted by molar-refractivity contribution is -0.117. The van der Waals surface area contributed by atoms with E-state index < -0.39 is 5.82 Å². The number of fused-ring (bicyclic) bond motifs is 1. The molecule has 7 heteroatoms. The first-order valence-corrected chi connectivity index (χ1v) is 10.1. The van der Waals surface area contributed by atoms with E-state index in [1.165, 1.54) is 18.2 Å². The monoisotopic (exact) mass is 411 g/mol. The molecule has 6 nitrogen and oxygen atoms in total. The van der Waals surface area contributed by atoms with Crippen LogP contribution in [0.1, 0.15) is 65.5 Å². The fraction of sp³-hybridized carbons (Fsp3) is 0.348. The van der Waals surface area contributed by atoms with Crippen molar-refractivity contribution in [2.75, 3.05) is 11.9 Å². The van der Waals surface area contributed by atoms with Crippen molar-refractivity contribution in [3.8, 4) is 0 Å². The summed E-state index contributed by atoms with van der Waals surface area (Å²) in [6.07, 6.45) is 4.74. The molecule has 0 bridgehead atoms. The largest absolute Gasteiger partial charge is 0.358 e. The van der Waals surface area contributed by atoms with Crippen molar-refractivity contribution in [1.82, 2.24) is 10.3 Å². The predicted octanol–water partition coefficient (Wildman–Crippen LogP) is 4.14. The minimum atomic E-state index is -0.418. The van der Waals surface area contributed by atoms with Crippen molar-refractivity contribution in [2.45, 2.75) is 46.5 Å². The zero-order valence-electron chi connectivity index (χ0n) is 17.4. The number of benzene rings is 1. The molecule has 0 spiro atoms. The van der Waals surface area contributed by atoms with E-state index in [9.17, 15) is 18.8 Å². The summed E-state index contributed by atoms with van der Waals surface area (Å²) in [4.78, 5) is 39.1. The maximum atomic E-state index is 13.6. The van der Waals surface area contributed by atoms with Gasteiger partial charge in [-0.3, -0.25) is 9.59 Å². The summed E-state index contributed by atoms with van der Waals surface area (Å²) in [5.74, 6) is -0.724. The third-order valence-corrected chi connectivity index (χ3v) is 5.25. The van der Waals surface area contributed by atoms with Crippen LogP contribution in [0.5, 0.6) is 0 Å². The zero-order chi connectivity index (χ0) is 21.8. The molecule has 0 saturated carbocycles. The molecule has 1 aliphatic rings. The summed E-state index contributed by atoms with van der Waals surface area (Å²) in [5, 5.41) is 5.64. The Balaban J connectivity index is 1.73. The molecule has 3 rings (SSSR count). The summed E-state index contributed by atoms with van der Waals surface area (Å²) in [7, 11) is 0. The summed E-state index contributed by atoms with van der Waals surface area (Å²) < 4.78 is 13.6. The molecule has 0 unspecified atom stereocenters. The summed E-state index contributed by atoms with van der Waals surface area (Å²) >= 11 is 0. The SMILES string of the molecule is CC(=O)CCCCCNC(=O)c1c(C)[nH]c(/C=C2\C(=O)Nc3ccc(F)cc32)c1C. The van der Waals surface area contributed by atoms with E-state index in [-0.39, 0.29) is 17.6 Å². The number of unbranched alkanes of at least 4 members (excludes halogenated alkanes) is 2. The van der Waals surface area contributed by atoms with Crippen molar-refractivity contribution in [1.29, 1.82) is 0 Å². The Labute approximate surface area is 174 Å². The number of anilines is 1. The van der Waals surface area contributed by atoms with Crippen LogP contribution in [0, 0.1) is 19.7 Å². The number of hydrogen-bond donors (Lipinski definition) is 3. The zero-order valence-corrected chi connectivity index (χ0v) is 17.4. The number of halogens is 1. The second-order valence-corrected chi connectivity index (χ2v) is 7.63. The van der Waals surface area contributed by atoms with Gasteiger partial charge < -0.3 is 20.4 Å². The van der Waals surface area contributed by atoms with Crippen LogP contribution in [0.2, 0.25) is 0 Å². The lowest BCUT2D eigenvalue weighted by atomic mass is 10.0.